The van der Waals surface area contributed by atoms with Gasteiger partial charge in [-0.1, -0.05) is 72.8 Å². The summed E-state index contributed by atoms with van der Waals surface area (Å²) in [6.07, 6.45) is 0.418. The van der Waals surface area contributed by atoms with Crippen molar-refractivity contribution in [3.63, 3.8) is 0 Å². The van der Waals surface area contributed by atoms with Gasteiger partial charge in [0.15, 0.2) is 6.61 Å². The van der Waals surface area contributed by atoms with Crippen LogP contribution in [0, 0.1) is 13.8 Å². The molecule has 178 valence electrons. The molecule has 1 unspecified atom stereocenters. The standard InChI is InChI=1S/C29H34N2O3/c1-21(2)30-29(33)26(18-24-11-7-5-8-12-24)31(19-25-13-9-6-10-14-25)28(32)20-34-27-17-22(3)15-16-23(27)4/h5-17,21,26H,18-20H2,1-4H3,(H,30,33). The van der Waals surface area contributed by atoms with Gasteiger partial charge in [-0.2, -0.15) is 0 Å². The summed E-state index contributed by atoms with van der Waals surface area (Å²) in [5, 5.41) is 3.00. The molecule has 3 aromatic rings. The minimum absolute atomic E-state index is 0.0364. The van der Waals surface area contributed by atoms with Gasteiger partial charge in [-0.15, -0.1) is 0 Å². The van der Waals surface area contributed by atoms with Crippen LogP contribution in [0.5, 0.6) is 5.75 Å². The Hall–Kier alpha value is -3.60. The predicted octanol–water partition coefficient (Wildman–Crippen LogP) is 4.85. The molecule has 3 rings (SSSR count). The van der Waals surface area contributed by atoms with Crippen LogP contribution in [0.3, 0.4) is 0 Å². The zero-order valence-electron chi connectivity index (χ0n) is 20.5. The van der Waals surface area contributed by atoms with Gasteiger partial charge in [-0.05, 0) is 56.0 Å². The predicted molar refractivity (Wildman–Crippen MR) is 136 cm³/mol. The van der Waals surface area contributed by atoms with Gasteiger partial charge in [0.2, 0.25) is 5.91 Å². The second-order valence-corrected chi connectivity index (χ2v) is 8.93. The lowest BCUT2D eigenvalue weighted by molar-refractivity contribution is -0.143. The van der Waals surface area contributed by atoms with E-state index in [1.165, 1.54) is 0 Å². The molecule has 3 aromatic carbocycles. The number of nitrogens with zero attached hydrogens (tertiary/aromatic N) is 1. The van der Waals surface area contributed by atoms with Gasteiger partial charge in [0.05, 0.1) is 0 Å². The number of amides is 2. The fourth-order valence-corrected chi connectivity index (χ4v) is 3.80. The normalized spacial score (nSPS) is 11.7. The molecular weight excluding hydrogens is 424 g/mol. The third-order valence-corrected chi connectivity index (χ3v) is 5.59. The second kappa shape index (κ2) is 12.0. The van der Waals surface area contributed by atoms with Crippen molar-refractivity contribution in [2.24, 2.45) is 0 Å². The van der Waals surface area contributed by atoms with Gasteiger partial charge in [0.25, 0.3) is 5.91 Å². The molecule has 1 N–H and O–H groups in total. The van der Waals surface area contributed by atoms with E-state index in [1.54, 1.807) is 4.90 Å². The maximum atomic E-state index is 13.6. The van der Waals surface area contributed by atoms with Gasteiger partial charge >= 0.3 is 0 Å². The average molecular weight is 459 g/mol. The summed E-state index contributed by atoms with van der Waals surface area (Å²) in [6.45, 7) is 7.96. The van der Waals surface area contributed by atoms with Crippen molar-refractivity contribution in [1.29, 1.82) is 0 Å². The number of rotatable bonds is 10. The molecule has 5 nitrogen and oxygen atoms in total. The lowest BCUT2D eigenvalue weighted by Crippen LogP contribution is -2.52. The Morgan fingerprint density at radius 3 is 2.12 bits per heavy atom. The van der Waals surface area contributed by atoms with Gasteiger partial charge < -0.3 is 15.0 Å². The van der Waals surface area contributed by atoms with Crippen LogP contribution in [-0.2, 0) is 22.6 Å². The van der Waals surface area contributed by atoms with Crippen molar-refractivity contribution in [2.45, 2.75) is 52.7 Å². The molecule has 0 aromatic heterocycles. The lowest BCUT2D eigenvalue weighted by atomic mass is 10.0. The van der Waals surface area contributed by atoms with Crippen LogP contribution in [0.1, 0.15) is 36.1 Å². The number of hydrogen-bond donors (Lipinski definition) is 1. The monoisotopic (exact) mass is 458 g/mol. The highest BCUT2D eigenvalue weighted by atomic mass is 16.5. The van der Waals surface area contributed by atoms with Crippen LogP contribution in [0.2, 0.25) is 0 Å². The Labute approximate surface area is 202 Å². The third-order valence-electron chi connectivity index (χ3n) is 5.59. The van der Waals surface area contributed by atoms with E-state index >= 15 is 0 Å². The highest BCUT2D eigenvalue weighted by molar-refractivity contribution is 5.88. The fraction of sp³-hybridized carbons (Fsp3) is 0.310. The number of hydrogen-bond acceptors (Lipinski definition) is 3. The lowest BCUT2D eigenvalue weighted by Gasteiger charge is -2.32. The van der Waals surface area contributed by atoms with Crippen molar-refractivity contribution in [1.82, 2.24) is 10.2 Å². The van der Waals surface area contributed by atoms with Crippen LogP contribution >= 0.6 is 0 Å². The Kier molecular flexibility index (Phi) is 8.86. The van der Waals surface area contributed by atoms with Gasteiger partial charge in [0, 0.05) is 19.0 Å². The molecule has 0 saturated heterocycles. The summed E-state index contributed by atoms with van der Waals surface area (Å²) in [6, 6.07) is 24.7. The molecular formula is C29H34N2O3. The molecule has 0 bridgehead atoms. The van der Waals surface area contributed by atoms with Crippen LogP contribution < -0.4 is 10.1 Å². The first-order chi connectivity index (χ1) is 16.3. The molecule has 2 amide bonds. The summed E-state index contributed by atoms with van der Waals surface area (Å²) in [5.74, 6) is 0.277. The number of carbonyl (C=O) groups is 2. The largest absolute Gasteiger partial charge is 0.483 e. The van der Waals surface area contributed by atoms with Gasteiger partial charge in [-0.3, -0.25) is 9.59 Å². The third kappa shape index (κ3) is 7.20. The quantitative estimate of drug-likeness (QED) is 0.473. The molecule has 0 fully saturated rings. The van der Waals surface area contributed by atoms with Crippen LogP contribution in [-0.4, -0.2) is 35.4 Å². The number of ether oxygens (including phenoxy) is 1. The molecule has 0 heterocycles. The molecule has 0 radical (unpaired) electrons. The zero-order valence-corrected chi connectivity index (χ0v) is 20.5. The van der Waals surface area contributed by atoms with Crippen LogP contribution in [0.25, 0.3) is 0 Å². The number of aryl methyl sites for hydroxylation is 2. The van der Waals surface area contributed by atoms with E-state index in [0.717, 1.165) is 22.3 Å². The molecule has 0 saturated carbocycles. The van der Waals surface area contributed by atoms with Gasteiger partial charge in [0.1, 0.15) is 11.8 Å². The molecule has 1 atom stereocenters. The Morgan fingerprint density at radius 2 is 1.50 bits per heavy atom. The number of carbonyl (C=O) groups excluding carboxylic acids is 2. The first-order valence-corrected chi connectivity index (χ1v) is 11.7. The maximum absolute atomic E-state index is 13.6. The van der Waals surface area contributed by atoms with Crippen molar-refractivity contribution < 1.29 is 14.3 Å². The van der Waals surface area contributed by atoms with E-state index in [2.05, 4.69) is 5.32 Å². The van der Waals surface area contributed by atoms with Crippen molar-refractivity contribution in [3.8, 4) is 5.75 Å². The summed E-state index contributed by atoms with van der Waals surface area (Å²) in [5.41, 5.74) is 3.98. The molecule has 0 aliphatic heterocycles. The number of benzene rings is 3. The summed E-state index contributed by atoms with van der Waals surface area (Å²) < 4.78 is 5.94. The SMILES string of the molecule is Cc1ccc(C)c(OCC(=O)N(Cc2ccccc2)C(Cc2ccccc2)C(=O)NC(C)C)c1. The van der Waals surface area contributed by atoms with Crippen LogP contribution in [0.4, 0.5) is 0 Å². The first kappa shape index (κ1) is 25.0. The Bertz CT molecular complexity index is 1080. The smallest absolute Gasteiger partial charge is 0.261 e. The molecule has 0 spiro atoms. The van der Waals surface area contributed by atoms with E-state index < -0.39 is 6.04 Å². The Balaban J connectivity index is 1.90. The second-order valence-electron chi connectivity index (χ2n) is 8.93. The van der Waals surface area contributed by atoms with E-state index in [4.69, 9.17) is 4.74 Å². The molecule has 0 aliphatic carbocycles. The van der Waals surface area contributed by atoms with Crippen molar-refractivity contribution >= 4 is 11.8 Å². The van der Waals surface area contributed by atoms with E-state index in [-0.39, 0.29) is 24.5 Å². The number of nitrogens with one attached hydrogen (secondary N) is 1. The van der Waals surface area contributed by atoms with E-state index in [1.807, 2.05) is 107 Å². The first-order valence-electron chi connectivity index (χ1n) is 11.7. The average Bonchev–Trinajstić information content (AvgIpc) is 2.82. The van der Waals surface area contributed by atoms with Crippen molar-refractivity contribution in [3.05, 3.63) is 101 Å². The summed E-state index contributed by atoms with van der Waals surface area (Å²) in [4.78, 5) is 28.5. The molecule has 5 heteroatoms. The maximum Gasteiger partial charge on any atom is 0.261 e. The van der Waals surface area contributed by atoms with E-state index in [9.17, 15) is 9.59 Å². The fourth-order valence-electron chi connectivity index (χ4n) is 3.80. The minimum Gasteiger partial charge on any atom is -0.483 e. The Morgan fingerprint density at radius 1 is 0.882 bits per heavy atom. The van der Waals surface area contributed by atoms with Gasteiger partial charge in [-0.25, -0.2) is 0 Å². The summed E-state index contributed by atoms with van der Waals surface area (Å²) >= 11 is 0. The zero-order chi connectivity index (χ0) is 24.5. The van der Waals surface area contributed by atoms with Crippen LogP contribution in [0.15, 0.2) is 78.9 Å². The van der Waals surface area contributed by atoms with Crippen molar-refractivity contribution in [2.75, 3.05) is 6.61 Å². The highest BCUT2D eigenvalue weighted by Crippen LogP contribution is 2.20. The summed E-state index contributed by atoms with van der Waals surface area (Å²) in [7, 11) is 0. The minimum atomic E-state index is -0.667. The topological polar surface area (TPSA) is 58.6 Å². The molecule has 0 aliphatic rings. The van der Waals surface area contributed by atoms with E-state index in [0.29, 0.717) is 18.7 Å². The molecule has 34 heavy (non-hydrogen) atoms. The highest BCUT2D eigenvalue weighted by Gasteiger charge is 2.31.